The smallest absolute Gasteiger partial charge is 0.164 e. The summed E-state index contributed by atoms with van der Waals surface area (Å²) in [7, 11) is 0. The number of rotatable bonds is 5. The van der Waals surface area contributed by atoms with Crippen molar-refractivity contribution in [2.24, 2.45) is 0 Å². The summed E-state index contributed by atoms with van der Waals surface area (Å²) in [6.07, 6.45) is 0. The molecular formula is C45H27N3O2. The largest absolute Gasteiger partial charge is 0.456 e. The molecule has 7 aromatic carbocycles. The standard InChI is InChI=1S/C45H27N3O2/c1-3-13-28(14-4-1)30-17-11-18-31(25-30)43-46-44(35-21-12-24-39-41(35)33-19-7-9-22-37(33)49-39)48-45(47-43)36-26-32(29-15-5-2-6-16-29)27-40-42(36)34-20-8-10-23-38(34)50-40/h1-27H. The second-order valence-electron chi connectivity index (χ2n) is 12.4. The zero-order chi connectivity index (χ0) is 33.0. The maximum Gasteiger partial charge on any atom is 0.164 e. The van der Waals surface area contributed by atoms with Crippen LogP contribution in [0.2, 0.25) is 0 Å². The molecule has 0 saturated carbocycles. The zero-order valence-corrected chi connectivity index (χ0v) is 26.7. The highest BCUT2D eigenvalue weighted by molar-refractivity contribution is 6.14. The monoisotopic (exact) mass is 641 g/mol. The van der Waals surface area contributed by atoms with Crippen molar-refractivity contribution in [1.29, 1.82) is 0 Å². The Labute approximate surface area is 287 Å². The second kappa shape index (κ2) is 11.4. The van der Waals surface area contributed by atoms with Gasteiger partial charge in [0.1, 0.15) is 22.3 Å². The lowest BCUT2D eigenvalue weighted by Gasteiger charge is -2.12. The number of aromatic nitrogens is 3. The van der Waals surface area contributed by atoms with Crippen LogP contribution in [0.4, 0.5) is 0 Å². The van der Waals surface area contributed by atoms with Crippen LogP contribution in [-0.2, 0) is 0 Å². The number of benzene rings is 7. The molecule has 10 rings (SSSR count). The van der Waals surface area contributed by atoms with E-state index in [1.54, 1.807) is 0 Å². The molecule has 0 N–H and O–H groups in total. The highest BCUT2D eigenvalue weighted by Crippen LogP contribution is 2.41. The van der Waals surface area contributed by atoms with Gasteiger partial charge in [0.05, 0.1) is 0 Å². The Morgan fingerprint density at radius 1 is 0.300 bits per heavy atom. The fourth-order valence-corrected chi connectivity index (χ4v) is 7.00. The van der Waals surface area contributed by atoms with Crippen LogP contribution in [0.25, 0.3) is 100 Å². The summed E-state index contributed by atoms with van der Waals surface area (Å²) in [6.45, 7) is 0. The average Bonchev–Trinajstić information content (AvgIpc) is 3.77. The molecule has 0 radical (unpaired) electrons. The summed E-state index contributed by atoms with van der Waals surface area (Å²) in [5, 5.41) is 3.96. The van der Waals surface area contributed by atoms with E-state index in [0.29, 0.717) is 17.5 Å². The molecule has 3 aromatic heterocycles. The molecule has 0 amide bonds. The summed E-state index contributed by atoms with van der Waals surface area (Å²) in [5.41, 5.74) is 10.2. The van der Waals surface area contributed by atoms with E-state index in [-0.39, 0.29) is 0 Å². The Bertz CT molecular complexity index is 2870. The van der Waals surface area contributed by atoms with Crippen molar-refractivity contribution in [3.8, 4) is 56.4 Å². The van der Waals surface area contributed by atoms with E-state index in [1.807, 2.05) is 72.8 Å². The Morgan fingerprint density at radius 2 is 0.800 bits per heavy atom. The summed E-state index contributed by atoms with van der Waals surface area (Å²) in [5.74, 6) is 1.71. The van der Waals surface area contributed by atoms with Crippen molar-refractivity contribution in [1.82, 2.24) is 15.0 Å². The van der Waals surface area contributed by atoms with Gasteiger partial charge in [-0.2, -0.15) is 0 Å². The van der Waals surface area contributed by atoms with Crippen LogP contribution < -0.4 is 0 Å². The van der Waals surface area contributed by atoms with Gasteiger partial charge in [0.2, 0.25) is 0 Å². The third-order valence-corrected chi connectivity index (χ3v) is 9.33. The first kappa shape index (κ1) is 28.2. The highest BCUT2D eigenvalue weighted by atomic mass is 16.3. The number of fused-ring (bicyclic) bond motifs is 6. The quantitative estimate of drug-likeness (QED) is 0.187. The van der Waals surface area contributed by atoms with Crippen LogP contribution in [0.3, 0.4) is 0 Å². The third kappa shape index (κ3) is 4.67. The summed E-state index contributed by atoms with van der Waals surface area (Å²) in [4.78, 5) is 15.7. The number of nitrogens with zero attached hydrogens (tertiary/aromatic N) is 3. The van der Waals surface area contributed by atoms with Crippen LogP contribution in [-0.4, -0.2) is 15.0 Å². The SMILES string of the molecule is c1ccc(-c2cccc(-c3nc(-c4cccc5oc6ccccc6c45)nc(-c4cc(-c5ccccc5)cc5oc6ccccc6c45)n3)c2)cc1. The van der Waals surface area contributed by atoms with Gasteiger partial charge >= 0.3 is 0 Å². The van der Waals surface area contributed by atoms with E-state index in [4.69, 9.17) is 23.8 Å². The first-order chi connectivity index (χ1) is 24.8. The highest BCUT2D eigenvalue weighted by Gasteiger charge is 2.21. The fourth-order valence-electron chi connectivity index (χ4n) is 7.00. The van der Waals surface area contributed by atoms with Gasteiger partial charge < -0.3 is 8.83 Å². The lowest BCUT2D eigenvalue weighted by Crippen LogP contribution is -2.01. The molecular weight excluding hydrogens is 615 g/mol. The molecule has 5 heteroatoms. The number of furan rings is 2. The molecule has 3 heterocycles. The summed E-state index contributed by atoms with van der Waals surface area (Å²) < 4.78 is 12.8. The molecule has 0 unspecified atom stereocenters. The van der Waals surface area contributed by atoms with Gasteiger partial charge in [-0.15, -0.1) is 0 Å². The lowest BCUT2D eigenvalue weighted by molar-refractivity contribution is 0.668. The normalized spacial score (nSPS) is 11.6. The zero-order valence-electron chi connectivity index (χ0n) is 26.7. The first-order valence-corrected chi connectivity index (χ1v) is 16.6. The maximum absolute atomic E-state index is 6.48. The van der Waals surface area contributed by atoms with Gasteiger partial charge in [-0.1, -0.05) is 127 Å². The summed E-state index contributed by atoms with van der Waals surface area (Å²) in [6, 6.07) is 55.7. The van der Waals surface area contributed by atoms with Crippen molar-refractivity contribution < 1.29 is 8.83 Å². The predicted molar refractivity (Wildman–Crippen MR) is 202 cm³/mol. The number of hydrogen-bond donors (Lipinski definition) is 0. The molecule has 234 valence electrons. The molecule has 10 aromatic rings. The minimum absolute atomic E-state index is 0.564. The molecule has 0 aliphatic heterocycles. The van der Waals surface area contributed by atoms with Gasteiger partial charge in [-0.25, -0.2) is 15.0 Å². The van der Waals surface area contributed by atoms with E-state index < -0.39 is 0 Å². The maximum atomic E-state index is 6.48. The molecule has 50 heavy (non-hydrogen) atoms. The molecule has 0 spiro atoms. The van der Waals surface area contributed by atoms with Gasteiger partial charge in [-0.05, 0) is 58.7 Å². The molecule has 0 atom stereocenters. The molecule has 0 bridgehead atoms. The summed E-state index contributed by atoms with van der Waals surface area (Å²) >= 11 is 0. The Morgan fingerprint density at radius 3 is 1.52 bits per heavy atom. The van der Waals surface area contributed by atoms with Crippen molar-refractivity contribution in [3.63, 3.8) is 0 Å². The van der Waals surface area contributed by atoms with E-state index in [9.17, 15) is 0 Å². The van der Waals surface area contributed by atoms with E-state index in [1.165, 1.54) is 0 Å². The minimum atomic E-state index is 0.564. The molecule has 0 aliphatic rings. The topological polar surface area (TPSA) is 65.0 Å². The molecule has 0 saturated heterocycles. The first-order valence-electron chi connectivity index (χ1n) is 16.6. The van der Waals surface area contributed by atoms with Crippen LogP contribution in [0.15, 0.2) is 173 Å². The Balaban J connectivity index is 1.28. The molecule has 0 fully saturated rings. The lowest BCUT2D eigenvalue weighted by atomic mass is 9.98. The van der Waals surface area contributed by atoms with Gasteiger partial charge in [-0.3, -0.25) is 0 Å². The van der Waals surface area contributed by atoms with E-state index in [2.05, 4.69) is 91.0 Å². The van der Waals surface area contributed by atoms with E-state index >= 15 is 0 Å². The minimum Gasteiger partial charge on any atom is -0.456 e. The van der Waals surface area contributed by atoms with Crippen molar-refractivity contribution in [2.75, 3.05) is 0 Å². The van der Waals surface area contributed by atoms with Gasteiger partial charge in [0.15, 0.2) is 17.5 Å². The molecule has 0 aliphatic carbocycles. The van der Waals surface area contributed by atoms with Crippen molar-refractivity contribution >= 4 is 43.9 Å². The van der Waals surface area contributed by atoms with Crippen LogP contribution in [0, 0.1) is 0 Å². The van der Waals surface area contributed by atoms with Gasteiger partial charge in [0, 0.05) is 38.2 Å². The van der Waals surface area contributed by atoms with Crippen LogP contribution in [0.1, 0.15) is 0 Å². The number of para-hydroxylation sites is 2. The Kier molecular flexibility index (Phi) is 6.42. The van der Waals surface area contributed by atoms with E-state index in [0.717, 1.165) is 82.8 Å². The second-order valence-corrected chi connectivity index (χ2v) is 12.4. The van der Waals surface area contributed by atoms with Crippen LogP contribution >= 0.6 is 0 Å². The van der Waals surface area contributed by atoms with Crippen molar-refractivity contribution in [3.05, 3.63) is 164 Å². The Hall–Kier alpha value is -6.85. The average molecular weight is 642 g/mol. The third-order valence-electron chi connectivity index (χ3n) is 9.33. The predicted octanol–water partition coefficient (Wildman–Crippen LogP) is 12.0. The van der Waals surface area contributed by atoms with Crippen molar-refractivity contribution in [2.45, 2.75) is 0 Å². The fraction of sp³-hybridized carbons (Fsp3) is 0. The number of hydrogen-bond acceptors (Lipinski definition) is 5. The van der Waals surface area contributed by atoms with Crippen LogP contribution in [0.5, 0.6) is 0 Å². The molecule has 5 nitrogen and oxygen atoms in total. The van der Waals surface area contributed by atoms with Gasteiger partial charge in [0.25, 0.3) is 0 Å².